The second-order valence-electron chi connectivity index (χ2n) is 8.49. The lowest BCUT2D eigenvalue weighted by molar-refractivity contribution is 0.474. The Morgan fingerprint density at radius 2 is 1.56 bits per heavy atom. The number of rotatable bonds is 7. The number of aromatic nitrogens is 1. The molecular formula is C29H23N3O4. The highest BCUT2D eigenvalue weighted by atomic mass is 16.3. The van der Waals surface area contributed by atoms with Crippen LogP contribution in [0.2, 0.25) is 0 Å². The van der Waals surface area contributed by atoms with Crippen molar-refractivity contribution in [2.45, 2.75) is 13.0 Å². The fourth-order valence-corrected chi connectivity index (χ4v) is 4.16. The number of aromatic hydroxyl groups is 2. The van der Waals surface area contributed by atoms with E-state index in [2.05, 4.69) is 15.6 Å². The van der Waals surface area contributed by atoms with Crippen molar-refractivity contribution in [2.75, 3.05) is 10.6 Å². The van der Waals surface area contributed by atoms with Gasteiger partial charge in [0.1, 0.15) is 22.9 Å². The van der Waals surface area contributed by atoms with Crippen LogP contribution in [0.15, 0.2) is 101 Å². The fourth-order valence-electron chi connectivity index (χ4n) is 4.16. The predicted octanol–water partition coefficient (Wildman–Crippen LogP) is 5.34. The summed E-state index contributed by atoms with van der Waals surface area (Å²) in [5.74, 6) is 0.155. The zero-order valence-electron chi connectivity index (χ0n) is 19.4. The molecule has 4 N–H and O–H groups in total. The summed E-state index contributed by atoms with van der Waals surface area (Å²) in [6, 6.07) is 24.7. The highest BCUT2D eigenvalue weighted by Gasteiger charge is 2.23. The van der Waals surface area contributed by atoms with E-state index in [0.717, 1.165) is 16.7 Å². The summed E-state index contributed by atoms with van der Waals surface area (Å²) in [5, 5.41) is 26.5. The van der Waals surface area contributed by atoms with Crippen molar-refractivity contribution in [3.05, 3.63) is 117 Å². The predicted molar refractivity (Wildman–Crippen MR) is 142 cm³/mol. The first-order valence-corrected chi connectivity index (χ1v) is 11.4. The number of benzene rings is 3. The molecule has 0 spiro atoms. The Morgan fingerprint density at radius 1 is 0.778 bits per heavy atom. The summed E-state index contributed by atoms with van der Waals surface area (Å²) in [7, 11) is 0. The summed E-state index contributed by atoms with van der Waals surface area (Å²) < 4.78 is 0. The molecule has 0 aliphatic rings. The minimum atomic E-state index is -0.627. The summed E-state index contributed by atoms with van der Waals surface area (Å²) in [6.07, 6.45) is 1.66. The molecule has 1 aromatic heterocycles. The van der Waals surface area contributed by atoms with E-state index < -0.39 is 10.9 Å². The van der Waals surface area contributed by atoms with Gasteiger partial charge in [0.15, 0.2) is 0 Å². The number of pyridine rings is 1. The largest absolute Gasteiger partial charge is 0.508 e. The van der Waals surface area contributed by atoms with Crippen LogP contribution in [-0.4, -0.2) is 15.2 Å². The number of nitrogens with one attached hydrogen (secondary N) is 2. The van der Waals surface area contributed by atoms with Crippen LogP contribution in [0.5, 0.6) is 11.5 Å². The third-order valence-corrected chi connectivity index (χ3v) is 6.05. The zero-order chi connectivity index (χ0) is 25.2. The van der Waals surface area contributed by atoms with Crippen LogP contribution >= 0.6 is 0 Å². The second-order valence-corrected chi connectivity index (χ2v) is 8.49. The molecular weight excluding hydrogens is 454 g/mol. The molecule has 1 heterocycles. The molecule has 0 saturated carbocycles. The lowest BCUT2D eigenvalue weighted by atomic mass is 9.98. The van der Waals surface area contributed by atoms with Gasteiger partial charge in [-0.3, -0.25) is 14.6 Å². The van der Waals surface area contributed by atoms with E-state index in [1.54, 1.807) is 36.5 Å². The standard InChI is InChI=1S/C29H23N3O4/c1-17(19-9-5-10-21(33)15-19)31-26-27(29(36)28(26)35)32-20-12-13-24(34)23(16-20)25-22(11-6-14-30-25)18-7-3-2-4-8-18/h2-17,31-34H,1H3/t17-/m1/s1. The van der Waals surface area contributed by atoms with Gasteiger partial charge in [0.05, 0.1) is 5.69 Å². The number of phenols is 2. The van der Waals surface area contributed by atoms with Gasteiger partial charge < -0.3 is 20.8 Å². The molecule has 5 aromatic rings. The highest BCUT2D eigenvalue weighted by molar-refractivity contribution is 5.86. The van der Waals surface area contributed by atoms with Gasteiger partial charge in [0.25, 0.3) is 10.9 Å². The van der Waals surface area contributed by atoms with Crippen molar-refractivity contribution in [1.82, 2.24) is 4.98 Å². The van der Waals surface area contributed by atoms with E-state index in [0.29, 0.717) is 16.9 Å². The average Bonchev–Trinajstić information content (AvgIpc) is 2.91. The van der Waals surface area contributed by atoms with Gasteiger partial charge in [-0.15, -0.1) is 0 Å². The Labute approximate surface area is 207 Å². The lowest BCUT2D eigenvalue weighted by Gasteiger charge is -2.20. The van der Waals surface area contributed by atoms with E-state index >= 15 is 0 Å². The molecule has 0 aliphatic carbocycles. The van der Waals surface area contributed by atoms with E-state index in [-0.39, 0.29) is 28.9 Å². The molecule has 36 heavy (non-hydrogen) atoms. The molecule has 5 rings (SSSR count). The van der Waals surface area contributed by atoms with Gasteiger partial charge in [0, 0.05) is 29.1 Å². The van der Waals surface area contributed by atoms with Crippen LogP contribution in [0.3, 0.4) is 0 Å². The van der Waals surface area contributed by atoms with Crippen LogP contribution in [0, 0.1) is 0 Å². The van der Waals surface area contributed by atoms with Crippen molar-refractivity contribution >= 4 is 17.1 Å². The highest BCUT2D eigenvalue weighted by Crippen LogP contribution is 2.37. The third kappa shape index (κ3) is 4.30. The molecule has 178 valence electrons. The summed E-state index contributed by atoms with van der Waals surface area (Å²) >= 11 is 0. The van der Waals surface area contributed by atoms with E-state index in [1.165, 1.54) is 6.07 Å². The van der Waals surface area contributed by atoms with Crippen molar-refractivity contribution in [3.63, 3.8) is 0 Å². The van der Waals surface area contributed by atoms with Crippen LogP contribution in [-0.2, 0) is 0 Å². The van der Waals surface area contributed by atoms with Crippen LogP contribution < -0.4 is 21.5 Å². The smallest absolute Gasteiger partial charge is 0.253 e. The van der Waals surface area contributed by atoms with Crippen LogP contribution in [0.1, 0.15) is 18.5 Å². The molecule has 1 atom stereocenters. The molecule has 0 aliphatic heterocycles. The number of nitrogens with zero attached hydrogens (tertiary/aromatic N) is 1. The first kappa shape index (κ1) is 22.9. The Bertz CT molecular complexity index is 1620. The SMILES string of the molecule is C[C@@H](Nc1c(Nc2ccc(O)c(-c3ncccc3-c3ccccc3)c2)c(=O)c1=O)c1cccc(O)c1. The summed E-state index contributed by atoms with van der Waals surface area (Å²) in [6.45, 7) is 1.83. The number of anilines is 3. The van der Waals surface area contributed by atoms with E-state index in [4.69, 9.17) is 0 Å². The molecule has 0 saturated heterocycles. The first-order valence-electron chi connectivity index (χ1n) is 11.4. The Kier molecular flexibility index (Phi) is 5.96. The number of phenolic OH excluding ortho intramolecular Hbond substituents is 2. The number of hydrogen-bond donors (Lipinski definition) is 4. The topological polar surface area (TPSA) is 112 Å². The molecule has 4 aromatic carbocycles. The summed E-state index contributed by atoms with van der Waals surface area (Å²) in [5.41, 5.74) is 3.25. The maximum Gasteiger partial charge on any atom is 0.253 e. The van der Waals surface area contributed by atoms with Gasteiger partial charge in [-0.25, -0.2) is 0 Å². The second kappa shape index (κ2) is 9.38. The first-order chi connectivity index (χ1) is 17.4. The molecule has 0 radical (unpaired) electrons. The minimum Gasteiger partial charge on any atom is -0.508 e. The minimum absolute atomic E-state index is 0.0391. The van der Waals surface area contributed by atoms with E-state index in [9.17, 15) is 19.8 Å². The molecule has 7 nitrogen and oxygen atoms in total. The molecule has 7 heteroatoms. The maximum absolute atomic E-state index is 12.4. The molecule has 0 unspecified atom stereocenters. The molecule has 0 bridgehead atoms. The van der Waals surface area contributed by atoms with Crippen molar-refractivity contribution in [1.29, 1.82) is 0 Å². The Morgan fingerprint density at radius 3 is 2.33 bits per heavy atom. The van der Waals surface area contributed by atoms with Crippen molar-refractivity contribution in [3.8, 4) is 33.9 Å². The molecule has 0 amide bonds. The Hall–Kier alpha value is -4.91. The van der Waals surface area contributed by atoms with Gasteiger partial charge in [0.2, 0.25) is 0 Å². The van der Waals surface area contributed by atoms with Gasteiger partial charge in [-0.2, -0.15) is 0 Å². The lowest BCUT2D eigenvalue weighted by Crippen LogP contribution is -2.37. The zero-order valence-corrected chi connectivity index (χ0v) is 19.4. The fraction of sp³-hybridized carbons (Fsp3) is 0.0690. The van der Waals surface area contributed by atoms with Gasteiger partial charge in [-0.1, -0.05) is 48.5 Å². The Balaban J connectivity index is 1.46. The van der Waals surface area contributed by atoms with Crippen LogP contribution in [0.25, 0.3) is 22.4 Å². The number of hydrogen-bond acceptors (Lipinski definition) is 7. The summed E-state index contributed by atoms with van der Waals surface area (Å²) in [4.78, 5) is 29.2. The quantitative estimate of drug-likeness (QED) is 0.185. The van der Waals surface area contributed by atoms with Crippen molar-refractivity contribution < 1.29 is 10.2 Å². The molecule has 0 fully saturated rings. The van der Waals surface area contributed by atoms with Crippen molar-refractivity contribution in [2.24, 2.45) is 0 Å². The normalized spacial score (nSPS) is 11.8. The average molecular weight is 478 g/mol. The van der Waals surface area contributed by atoms with Crippen LogP contribution in [0.4, 0.5) is 17.1 Å². The van der Waals surface area contributed by atoms with Gasteiger partial charge in [-0.05, 0) is 54.4 Å². The monoisotopic (exact) mass is 477 g/mol. The third-order valence-electron chi connectivity index (χ3n) is 6.05. The maximum atomic E-state index is 12.4. The van der Waals surface area contributed by atoms with Gasteiger partial charge >= 0.3 is 0 Å². The van der Waals surface area contributed by atoms with E-state index in [1.807, 2.05) is 55.5 Å².